The molecule has 0 bridgehead atoms. The Balaban J connectivity index is 1.65. The summed E-state index contributed by atoms with van der Waals surface area (Å²) in [5.74, 6) is -0.00524. The van der Waals surface area contributed by atoms with E-state index in [-0.39, 0.29) is 18.0 Å². The zero-order chi connectivity index (χ0) is 23.5. The molecule has 2 aliphatic heterocycles. The number of carboxylic acid groups (broad SMARTS) is 1. The Labute approximate surface area is 196 Å². The molecule has 2 unspecified atom stereocenters. The Hall–Kier alpha value is -2.86. The average molecular weight is 450 g/mol. The lowest BCUT2D eigenvalue weighted by atomic mass is 9.87. The molecule has 0 spiro atoms. The lowest BCUT2D eigenvalue weighted by Crippen LogP contribution is -2.46. The van der Waals surface area contributed by atoms with Crippen molar-refractivity contribution in [1.82, 2.24) is 9.80 Å². The first-order valence-electron chi connectivity index (χ1n) is 12.1. The van der Waals surface area contributed by atoms with Gasteiger partial charge < -0.3 is 14.9 Å². The molecule has 176 valence electrons. The molecule has 0 aromatic heterocycles. The molecule has 0 radical (unpaired) electrons. The number of benzene rings is 2. The van der Waals surface area contributed by atoms with Gasteiger partial charge in [-0.05, 0) is 73.2 Å². The number of carbonyl (C=O) groups excluding carboxylic acids is 1. The number of rotatable bonds is 5. The van der Waals surface area contributed by atoms with E-state index in [0.29, 0.717) is 6.42 Å². The van der Waals surface area contributed by atoms with E-state index < -0.39 is 6.09 Å². The van der Waals surface area contributed by atoms with Crippen LogP contribution in [-0.4, -0.2) is 53.1 Å². The molecule has 2 aromatic rings. The molecule has 4 rings (SSSR count). The molecule has 2 atom stereocenters. The van der Waals surface area contributed by atoms with E-state index in [1.54, 1.807) is 14.0 Å². The summed E-state index contributed by atoms with van der Waals surface area (Å²) < 4.78 is 0. The average Bonchev–Trinajstić information content (AvgIpc) is 2.83. The summed E-state index contributed by atoms with van der Waals surface area (Å²) in [5, 5.41) is 9.69. The summed E-state index contributed by atoms with van der Waals surface area (Å²) >= 11 is 0. The van der Waals surface area contributed by atoms with Gasteiger partial charge in [0.05, 0.1) is 6.04 Å². The molecule has 1 fully saturated rings. The number of likely N-dealkylation sites (tertiary alicyclic amines) is 1. The van der Waals surface area contributed by atoms with Gasteiger partial charge in [0.1, 0.15) is 0 Å². The third-order valence-electron chi connectivity index (χ3n) is 7.23. The quantitative estimate of drug-likeness (QED) is 0.652. The van der Waals surface area contributed by atoms with Gasteiger partial charge in [-0.3, -0.25) is 9.69 Å². The van der Waals surface area contributed by atoms with Crippen LogP contribution < -0.4 is 4.90 Å². The largest absolute Gasteiger partial charge is 0.465 e. The predicted octanol–water partition coefficient (Wildman–Crippen LogP) is 5.53. The molecule has 6 nitrogen and oxygen atoms in total. The van der Waals surface area contributed by atoms with E-state index in [1.165, 1.54) is 42.8 Å². The van der Waals surface area contributed by atoms with Crippen molar-refractivity contribution in [2.45, 2.75) is 64.6 Å². The lowest BCUT2D eigenvalue weighted by Gasteiger charge is -2.42. The predicted molar refractivity (Wildman–Crippen MR) is 131 cm³/mol. The maximum atomic E-state index is 12.5. The van der Waals surface area contributed by atoms with Crippen LogP contribution in [0.15, 0.2) is 42.5 Å². The van der Waals surface area contributed by atoms with Crippen LogP contribution >= 0.6 is 0 Å². The maximum absolute atomic E-state index is 12.5. The van der Waals surface area contributed by atoms with Crippen molar-refractivity contribution in [1.29, 1.82) is 0 Å². The van der Waals surface area contributed by atoms with Crippen LogP contribution in [0.3, 0.4) is 0 Å². The number of carbonyl (C=O) groups is 2. The van der Waals surface area contributed by atoms with Gasteiger partial charge >= 0.3 is 6.09 Å². The number of hydrogen-bond acceptors (Lipinski definition) is 3. The van der Waals surface area contributed by atoms with Gasteiger partial charge in [0.2, 0.25) is 5.91 Å². The second-order valence-corrected chi connectivity index (χ2v) is 9.40. The van der Waals surface area contributed by atoms with Crippen molar-refractivity contribution < 1.29 is 14.7 Å². The van der Waals surface area contributed by atoms with Crippen LogP contribution in [0.5, 0.6) is 0 Å². The first-order valence-corrected chi connectivity index (χ1v) is 12.1. The molecular formula is C27H35N3O3. The van der Waals surface area contributed by atoms with Gasteiger partial charge in [-0.2, -0.15) is 0 Å². The first kappa shape index (κ1) is 23.3. The minimum absolute atomic E-state index is 0.00524. The van der Waals surface area contributed by atoms with Crippen LogP contribution in [0.1, 0.15) is 63.1 Å². The van der Waals surface area contributed by atoms with Crippen LogP contribution in [0, 0.1) is 0 Å². The zero-order valence-corrected chi connectivity index (χ0v) is 20.0. The Bertz CT molecular complexity index is 998. The van der Waals surface area contributed by atoms with E-state index >= 15 is 0 Å². The Morgan fingerprint density at radius 2 is 1.70 bits per heavy atom. The van der Waals surface area contributed by atoms with Crippen molar-refractivity contribution in [2.75, 3.05) is 25.0 Å². The van der Waals surface area contributed by atoms with Crippen LogP contribution in [0.2, 0.25) is 0 Å². The Morgan fingerprint density at radius 3 is 2.30 bits per heavy atom. The zero-order valence-electron chi connectivity index (χ0n) is 20.0. The number of anilines is 1. The smallest absolute Gasteiger partial charge is 0.407 e. The first-order chi connectivity index (χ1) is 15.9. The van der Waals surface area contributed by atoms with Gasteiger partial charge in [-0.1, -0.05) is 43.7 Å². The summed E-state index contributed by atoms with van der Waals surface area (Å²) in [4.78, 5) is 30.0. The fourth-order valence-electron chi connectivity index (χ4n) is 5.36. The number of nitrogens with zero attached hydrogens (tertiary/aromatic N) is 3. The van der Waals surface area contributed by atoms with Crippen molar-refractivity contribution in [3.05, 3.63) is 53.6 Å². The highest BCUT2D eigenvalue weighted by Crippen LogP contribution is 2.42. The molecule has 2 aliphatic rings. The molecule has 2 heterocycles. The fraction of sp³-hybridized carbons (Fsp3) is 0.481. The number of hydrogen-bond donors (Lipinski definition) is 1. The maximum Gasteiger partial charge on any atom is 0.407 e. The molecule has 2 aromatic carbocycles. The number of fused-ring (bicyclic) bond motifs is 1. The topological polar surface area (TPSA) is 64.1 Å². The summed E-state index contributed by atoms with van der Waals surface area (Å²) in [6.45, 7) is 6.97. The van der Waals surface area contributed by atoms with Gasteiger partial charge in [0, 0.05) is 32.2 Å². The Morgan fingerprint density at radius 1 is 1.03 bits per heavy atom. The summed E-state index contributed by atoms with van der Waals surface area (Å²) in [5.41, 5.74) is 5.18. The number of amides is 2. The van der Waals surface area contributed by atoms with Gasteiger partial charge in [-0.25, -0.2) is 4.79 Å². The SMILES string of the molecule is CCC1CC(N(C)C(=O)O)c2cc(-c3ccc(CN4CCCCC4)cc3)ccc2N1C(C)=O. The molecule has 0 aliphatic carbocycles. The van der Waals surface area contributed by atoms with Crippen molar-refractivity contribution in [3.63, 3.8) is 0 Å². The van der Waals surface area contributed by atoms with E-state index in [0.717, 1.165) is 35.3 Å². The van der Waals surface area contributed by atoms with Crippen LogP contribution in [0.4, 0.5) is 10.5 Å². The summed E-state index contributed by atoms with van der Waals surface area (Å²) in [7, 11) is 1.62. The van der Waals surface area contributed by atoms with E-state index in [9.17, 15) is 14.7 Å². The third kappa shape index (κ3) is 4.91. The standard InChI is InChI=1S/C27H35N3O3/c1-4-23-17-26(28(3)27(32)33)24-16-22(12-13-25(24)30(23)19(2)31)21-10-8-20(9-11-21)18-29-14-6-5-7-15-29/h8-13,16,23,26H,4-7,14-15,17-18H2,1-3H3,(H,32,33). The second-order valence-electron chi connectivity index (χ2n) is 9.40. The van der Waals surface area contributed by atoms with Crippen LogP contribution in [0.25, 0.3) is 11.1 Å². The monoisotopic (exact) mass is 449 g/mol. The molecule has 0 saturated carbocycles. The van der Waals surface area contributed by atoms with E-state index in [4.69, 9.17) is 0 Å². The molecule has 2 amide bonds. The lowest BCUT2D eigenvalue weighted by molar-refractivity contribution is -0.117. The molecular weight excluding hydrogens is 414 g/mol. The molecule has 6 heteroatoms. The van der Waals surface area contributed by atoms with Gasteiger partial charge in [-0.15, -0.1) is 0 Å². The summed E-state index contributed by atoms with van der Waals surface area (Å²) in [6.07, 6.45) is 4.34. The fourth-order valence-corrected chi connectivity index (χ4v) is 5.36. The Kier molecular flexibility index (Phi) is 7.03. The van der Waals surface area contributed by atoms with Crippen molar-refractivity contribution in [2.24, 2.45) is 0 Å². The molecule has 33 heavy (non-hydrogen) atoms. The third-order valence-corrected chi connectivity index (χ3v) is 7.23. The van der Waals surface area contributed by atoms with E-state index in [2.05, 4.69) is 35.2 Å². The number of piperidine rings is 1. The normalized spacial score (nSPS) is 20.9. The highest BCUT2D eigenvalue weighted by atomic mass is 16.4. The van der Waals surface area contributed by atoms with E-state index in [1.807, 2.05) is 24.0 Å². The van der Waals surface area contributed by atoms with Crippen molar-refractivity contribution in [3.8, 4) is 11.1 Å². The minimum Gasteiger partial charge on any atom is -0.465 e. The highest BCUT2D eigenvalue weighted by molar-refractivity contribution is 5.94. The van der Waals surface area contributed by atoms with Crippen LogP contribution in [-0.2, 0) is 11.3 Å². The molecule has 1 N–H and O–H groups in total. The van der Waals surface area contributed by atoms with Gasteiger partial charge in [0.25, 0.3) is 0 Å². The highest BCUT2D eigenvalue weighted by Gasteiger charge is 2.37. The molecule has 1 saturated heterocycles. The van der Waals surface area contributed by atoms with Crippen molar-refractivity contribution >= 4 is 17.7 Å². The second kappa shape index (κ2) is 9.96. The van der Waals surface area contributed by atoms with Gasteiger partial charge in [0.15, 0.2) is 0 Å². The minimum atomic E-state index is -0.954. The summed E-state index contributed by atoms with van der Waals surface area (Å²) in [6, 6.07) is 14.5.